The molecule has 0 saturated heterocycles. The van der Waals surface area contributed by atoms with Crippen LogP contribution in [0.3, 0.4) is 0 Å². The summed E-state index contributed by atoms with van der Waals surface area (Å²) >= 11 is 0. The van der Waals surface area contributed by atoms with E-state index in [9.17, 15) is 4.80 Å². The number of rotatable bonds is 18. The van der Waals surface area contributed by atoms with E-state index in [1.54, 1.807) is 7.11 Å². The molecule has 140 valence electrons. The molecule has 1 atom stereocenters. The van der Waals surface area contributed by atoms with Gasteiger partial charge < -0.3 is 9.22 Å². The normalized spacial score (nSPS) is 14.2. The average Bonchev–Trinajstić information content (AvgIpc) is 2.54. The van der Waals surface area contributed by atoms with Crippen LogP contribution in [0.25, 0.3) is 0 Å². The van der Waals surface area contributed by atoms with Crippen LogP contribution >= 0.6 is 0 Å². The second-order valence-electron chi connectivity index (χ2n) is 7.43. The second-order valence-corrected chi connectivity index (χ2v) is 15.4. The fourth-order valence-electron chi connectivity index (χ4n) is 3.10. The van der Waals surface area contributed by atoms with Gasteiger partial charge in [-0.1, -0.05) is 110 Å². The zero-order chi connectivity index (χ0) is 17.2. The largest absolute Gasteiger partial charge is 0.414 e. The van der Waals surface area contributed by atoms with Crippen molar-refractivity contribution in [2.45, 2.75) is 116 Å². The van der Waals surface area contributed by atoms with E-state index in [0.29, 0.717) is 0 Å². The van der Waals surface area contributed by atoms with Crippen LogP contribution in [0, 0.1) is 0 Å². The highest BCUT2D eigenvalue weighted by Crippen LogP contribution is 2.15. The molecule has 0 heterocycles. The maximum Gasteiger partial charge on any atom is 0.301 e. The molecule has 23 heavy (non-hydrogen) atoms. The van der Waals surface area contributed by atoms with E-state index in [4.69, 9.17) is 4.43 Å². The predicted molar refractivity (Wildman–Crippen MR) is 109 cm³/mol. The van der Waals surface area contributed by atoms with E-state index in [1.165, 1.54) is 96.3 Å². The van der Waals surface area contributed by atoms with Crippen LogP contribution < -0.4 is 0 Å². The average molecular weight is 361 g/mol. The van der Waals surface area contributed by atoms with Gasteiger partial charge in [-0.2, -0.15) is 0 Å². The summed E-state index contributed by atoms with van der Waals surface area (Å²) in [6, 6.07) is 0.953. The van der Waals surface area contributed by atoms with E-state index < -0.39 is 8.08 Å². The van der Waals surface area contributed by atoms with E-state index in [2.05, 4.69) is 6.92 Å². The molecule has 0 aliphatic heterocycles. The first-order valence-corrected chi connectivity index (χ1v) is 16.0. The fourth-order valence-corrected chi connectivity index (χ4v) is 5.27. The molecule has 0 amide bonds. The summed E-state index contributed by atoms with van der Waals surface area (Å²) < 4.78 is 5.22. The smallest absolute Gasteiger partial charge is 0.301 e. The van der Waals surface area contributed by atoms with Crippen molar-refractivity contribution in [1.29, 1.82) is 0 Å². The maximum absolute atomic E-state index is 9.92. The van der Waals surface area contributed by atoms with Gasteiger partial charge in [0.2, 0.25) is 0 Å². The van der Waals surface area contributed by atoms with Gasteiger partial charge in [0.1, 0.15) is 0 Å². The van der Waals surface area contributed by atoms with Crippen molar-refractivity contribution in [3.8, 4) is 0 Å². The van der Waals surface area contributed by atoms with E-state index in [-0.39, 0.29) is 0 Å². The standard InChI is InChI=1S/C19H44O2Si2/c1-3-4-5-6-7-8-9-10-11-12-13-14-15-16-17-18-19-23(20,22)21-2/h20H,3-19H2,1-2,22H3. The molecule has 0 aliphatic rings. The third-order valence-corrected chi connectivity index (χ3v) is 9.82. The predicted octanol–water partition coefficient (Wildman–Crippen LogP) is 5.19. The van der Waals surface area contributed by atoms with Crippen molar-refractivity contribution in [3.63, 3.8) is 0 Å². The maximum atomic E-state index is 9.92. The molecule has 0 rings (SSSR count). The molecule has 0 fully saturated rings. The SMILES string of the molecule is CCCCCCCCCCCCCCCCCC[Si](O)([SiH3])OC. The van der Waals surface area contributed by atoms with Gasteiger partial charge in [-0.25, -0.2) is 0 Å². The van der Waals surface area contributed by atoms with Gasteiger partial charge >= 0.3 is 8.08 Å². The highest BCUT2D eigenvalue weighted by Gasteiger charge is 2.22. The third-order valence-electron chi connectivity index (χ3n) is 4.93. The molecule has 0 aromatic rings. The summed E-state index contributed by atoms with van der Waals surface area (Å²) in [6.07, 6.45) is 22.4. The lowest BCUT2D eigenvalue weighted by molar-refractivity contribution is 0.311. The molecular weight excluding hydrogens is 316 g/mol. The Labute approximate surface area is 150 Å². The first-order valence-electron chi connectivity index (χ1n) is 10.4. The van der Waals surface area contributed by atoms with Crippen molar-refractivity contribution in [2.75, 3.05) is 7.11 Å². The third kappa shape index (κ3) is 18.5. The molecular formula is C19H44O2Si2. The van der Waals surface area contributed by atoms with E-state index >= 15 is 0 Å². The molecule has 0 aliphatic carbocycles. The first-order chi connectivity index (χ1) is 11.1. The van der Waals surface area contributed by atoms with Crippen LogP contribution in [0.2, 0.25) is 6.04 Å². The number of hydrogen-bond acceptors (Lipinski definition) is 2. The van der Waals surface area contributed by atoms with Crippen molar-refractivity contribution in [1.82, 2.24) is 0 Å². The zero-order valence-corrected chi connectivity index (χ0v) is 19.4. The Morgan fingerprint density at radius 1 is 0.652 bits per heavy atom. The van der Waals surface area contributed by atoms with Crippen molar-refractivity contribution < 1.29 is 9.22 Å². The van der Waals surface area contributed by atoms with E-state index in [1.807, 2.05) is 0 Å². The van der Waals surface area contributed by atoms with Gasteiger partial charge in [0.15, 0.2) is 0 Å². The lowest BCUT2D eigenvalue weighted by Crippen LogP contribution is -2.38. The summed E-state index contributed by atoms with van der Waals surface area (Å²) in [4.78, 5) is 9.92. The summed E-state index contributed by atoms with van der Waals surface area (Å²) in [5.74, 6) is 0. The highest BCUT2D eigenvalue weighted by atomic mass is 29.2. The lowest BCUT2D eigenvalue weighted by Gasteiger charge is -2.17. The van der Waals surface area contributed by atoms with Crippen molar-refractivity contribution in [2.24, 2.45) is 0 Å². The van der Waals surface area contributed by atoms with Gasteiger partial charge in [-0.15, -0.1) is 0 Å². The molecule has 0 aromatic heterocycles. The second kappa shape index (κ2) is 17.2. The summed E-state index contributed by atoms with van der Waals surface area (Å²) in [7, 11) is 0.369. The van der Waals surface area contributed by atoms with Gasteiger partial charge in [0.05, 0.1) is 9.76 Å². The van der Waals surface area contributed by atoms with Crippen LogP contribution in [0.1, 0.15) is 110 Å². The van der Waals surface area contributed by atoms with Crippen LogP contribution in [0.5, 0.6) is 0 Å². The molecule has 1 N–H and O–H groups in total. The Morgan fingerprint density at radius 3 is 1.26 bits per heavy atom. The Balaban J connectivity index is 3.05. The van der Waals surface area contributed by atoms with Gasteiger partial charge in [0.25, 0.3) is 0 Å². The zero-order valence-electron chi connectivity index (χ0n) is 16.4. The van der Waals surface area contributed by atoms with Gasteiger partial charge in [-0.05, 0) is 6.04 Å². The topological polar surface area (TPSA) is 29.5 Å². The molecule has 0 radical (unpaired) electrons. The molecule has 0 spiro atoms. The monoisotopic (exact) mass is 360 g/mol. The first kappa shape index (κ1) is 23.4. The number of hydrogen-bond donors (Lipinski definition) is 1. The van der Waals surface area contributed by atoms with Gasteiger partial charge in [-0.3, -0.25) is 0 Å². The minimum atomic E-state index is -2.15. The molecule has 1 unspecified atom stereocenters. The summed E-state index contributed by atoms with van der Waals surface area (Å²) in [5.41, 5.74) is 0. The number of unbranched alkanes of at least 4 members (excludes halogenated alkanes) is 15. The van der Waals surface area contributed by atoms with Crippen LogP contribution in [0.15, 0.2) is 0 Å². The Morgan fingerprint density at radius 2 is 0.957 bits per heavy atom. The Hall–Kier alpha value is 0.354. The highest BCUT2D eigenvalue weighted by molar-refractivity contribution is 7.08. The molecule has 0 saturated carbocycles. The molecule has 0 aromatic carbocycles. The van der Waals surface area contributed by atoms with Crippen LogP contribution in [-0.2, 0) is 4.43 Å². The quantitative estimate of drug-likeness (QED) is 0.269. The molecule has 4 heteroatoms. The van der Waals surface area contributed by atoms with Crippen LogP contribution in [-0.4, -0.2) is 29.7 Å². The minimum absolute atomic E-state index is 0.842. The van der Waals surface area contributed by atoms with E-state index in [0.717, 1.165) is 22.2 Å². The summed E-state index contributed by atoms with van der Waals surface area (Å²) in [5, 5.41) is 0. The van der Waals surface area contributed by atoms with Gasteiger partial charge in [0, 0.05) is 7.11 Å². The van der Waals surface area contributed by atoms with Crippen molar-refractivity contribution in [3.05, 3.63) is 0 Å². The lowest BCUT2D eigenvalue weighted by atomic mass is 10.0. The Bertz CT molecular complexity index is 235. The summed E-state index contributed by atoms with van der Waals surface area (Å²) in [6.45, 7) is 2.29. The van der Waals surface area contributed by atoms with Crippen molar-refractivity contribution >= 4 is 17.8 Å². The van der Waals surface area contributed by atoms with Crippen LogP contribution in [0.4, 0.5) is 0 Å². The fraction of sp³-hybridized carbons (Fsp3) is 1.00. The molecule has 2 nitrogen and oxygen atoms in total. The molecule has 0 bridgehead atoms. The Kier molecular flexibility index (Phi) is 17.5. The minimum Gasteiger partial charge on any atom is -0.414 e.